The molecule has 1 unspecified atom stereocenters. The van der Waals surface area contributed by atoms with Crippen molar-refractivity contribution in [1.82, 2.24) is 10.2 Å². The van der Waals surface area contributed by atoms with Crippen LogP contribution in [-0.4, -0.2) is 38.1 Å². The predicted molar refractivity (Wildman–Crippen MR) is 65.2 cm³/mol. The fourth-order valence-corrected chi connectivity index (χ4v) is 2.86. The number of carboxylic acids is 2. The molecule has 19 heavy (non-hydrogen) atoms. The number of hydrogen-bond acceptors (Lipinski definition) is 6. The molecule has 0 aliphatic heterocycles. The molecule has 0 saturated carbocycles. The smallest absolute Gasteiger partial charge is 0.481 e. The molecule has 2 N–H and O–H groups in total. The largest absolute Gasteiger partial charge is 1.00 e. The number of carboxylic acid groups (broad SMARTS) is 2. The summed E-state index contributed by atoms with van der Waals surface area (Å²) in [7, 11) is 0. The Morgan fingerprint density at radius 3 is 2.26 bits per heavy atom. The summed E-state index contributed by atoms with van der Waals surface area (Å²) < 4.78 is 0.661. The second-order valence-corrected chi connectivity index (χ2v) is 5.48. The summed E-state index contributed by atoms with van der Waals surface area (Å²) in [6.07, 6.45) is -0.375. The normalized spacial score (nSPS) is 10.4. The van der Waals surface area contributed by atoms with Gasteiger partial charge in [-0.05, 0) is 6.92 Å². The maximum atomic E-state index is 10.8. The van der Waals surface area contributed by atoms with Gasteiger partial charge in [0.05, 0.1) is 12.3 Å². The van der Waals surface area contributed by atoms with Gasteiger partial charge in [0.15, 0.2) is 4.34 Å². The Labute approximate surface area is 164 Å². The number of nitrogens with zero attached hydrogens (tertiary/aromatic N) is 2. The molecule has 94 valence electrons. The van der Waals surface area contributed by atoms with Crippen molar-refractivity contribution in [3.63, 3.8) is 0 Å². The Morgan fingerprint density at radius 1 is 1.32 bits per heavy atom. The summed E-state index contributed by atoms with van der Waals surface area (Å²) in [6, 6.07) is 0. The third-order valence-corrected chi connectivity index (χ3v) is 3.82. The van der Waals surface area contributed by atoms with Crippen LogP contribution >= 0.6 is 23.1 Å². The molecule has 0 aliphatic rings. The number of aryl methyl sites for hydroxylation is 1. The Hall–Kier alpha value is 0.720. The van der Waals surface area contributed by atoms with E-state index >= 15 is 0 Å². The maximum absolute atomic E-state index is 10.8. The molecule has 1 atom stereocenters. The molecule has 6 nitrogen and oxygen atoms in total. The minimum atomic E-state index is -1.11. The second kappa shape index (κ2) is 12.5. The average Bonchev–Trinajstić information content (AvgIpc) is 2.58. The number of aliphatic carboxylic acids is 2. The minimum absolute atomic E-state index is 0. The van der Waals surface area contributed by atoms with Crippen LogP contribution in [0.3, 0.4) is 0 Å². The number of rotatable bonds is 6. The Bertz CT molecular complexity index is 403. The molecule has 0 bridgehead atoms. The fraction of sp³-hybridized carbons (Fsp3) is 0.444. The number of thioether (sulfide) groups is 1. The van der Waals surface area contributed by atoms with Crippen LogP contribution in [0.25, 0.3) is 0 Å². The van der Waals surface area contributed by atoms with Gasteiger partial charge in [-0.3, -0.25) is 9.59 Å². The van der Waals surface area contributed by atoms with Crippen LogP contribution in [0.2, 0.25) is 0 Å². The van der Waals surface area contributed by atoms with E-state index < -0.39 is 17.9 Å². The van der Waals surface area contributed by atoms with Crippen molar-refractivity contribution < 1.29 is 78.9 Å². The van der Waals surface area contributed by atoms with Crippen LogP contribution in [0.5, 0.6) is 0 Å². The molecule has 1 aromatic heterocycles. The topological polar surface area (TPSA) is 100 Å². The summed E-state index contributed by atoms with van der Waals surface area (Å²) in [6.45, 7) is 1.80. The van der Waals surface area contributed by atoms with Gasteiger partial charge < -0.3 is 10.2 Å². The summed E-state index contributed by atoms with van der Waals surface area (Å²) in [5.74, 6) is -2.92. The molecule has 1 rings (SSSR count). The van der Waals surface area contributed by atoms with E-state index in [1.807, 2.05) is 0 Å². The molecular weight excluding hydrogens is 310 g/mol. The standard InChI is InChI=1S/C8H10N2O4S2.CH3.2Na/c1-4-9-10-8(16-4)15-3-5(7(13)14)2-6(11)12;;;/h5H,2-3H2,1H3,(H,11,12)(H,13,14);1H3;;/q;3*+1. The zero-order chi connectivity index (χ0) is 12.1. The molecule has 0 radical (unpaired) electrons. The molecule has 0 saturated heterocycles. The Balaban J connectivity index is -0.000000853. The Morgan fingerprint density at radius 2 is 1.89 bits per heavy atom. The van der Waals surface area contributed by atoms with E-state index in [1.165, 1.54) is 23.1 Å². The monoisotopic (exact) mass is 323 g/mol. The third-order valence-electron chi connectivity index (χ3n) is 1.69. The zero-order valence-electron chi connectivity index (χ0n) is 11.4. The number of carbonyl (C=O) groups is 2. The van der Waals surface area contributed by atoms with Gasteiger partial charge in [0, 0.05) is 13.2 Å². The summed E-state index contributed by atoms with van der Waals surface area (Å²) >= 11 is 2.58. The van der Waals surface area contributed by atoms with Crippen LogP contribution in [0, 0.1) is 20.3 Å². The van der Waals surface area contributed by atoms with Gasteiger partial charge in [0.25, 0.3) is 0 Å². The molecule has 10 heteroatoms. The first-order chi connectivity index (χ1) is 7.49. The van der Waals surface area contributed by atoms with Gasteiger partial charge in [0.2, 0.25) is 0 Å². The van der Waals surface area contributed by atoms with E-state index in [2.05, 4.69) is 10.2 Å². The van der Waals surface area contributed by atoms with E-state index in [9.17, 15) is 9.59 Å². The molecule has 0 aliphatic carbocycles. The summed E-state index contributed by atoms with van der Waals surface area (Å²) in [5.41, 5.74) is 0. The van der Waals surface area contributed by atoms with Crippen LogP contribution in [-0.2, 0) is 9.59 Å². The van der Waals surface area contributed by atoms with Crippen LogP contribution in [0.15, 0.2) is 4.34 Å². The van der Waals surface area contributed by atoms with Crippen LogP contribution in [0.4, 0.5) is 0 Å². The van der Waals surface area contributed by atoms with Crippen LogP contribution < -0.4 is 59.1 Å². The molecule has 0 fully saturated rings. The minimum Gasteiger partial charge on any atom is -0.481 e. The molecule has 0 amide bonds. The zero-order valence-corrected chi connectivity index (χ0v) is 17.0. The van der Waals surface area contributed by atoms with E-state index in [0.717, 1.165) is 5.01 Å². The van der Waals surface area contributed by atoms with E-state index in [0.29, 0.717) is 4.34 Å². The SMILES string of the molecule is Cc1nnc(SCC(CC(=O)O)C(=O)O)s1.[CH3+].[Na+].[Na+]. The van der Waals surface area contributed by atoms with E-state index in [-0.39, 0.29) is 78.7 Å². The van der Waals surface area contributed by atoms with Gasteiger partial charge in [-0.2, -0.15) is 0 Å². The van der Waals surface area contributed by atoms with Crippen molar-refractivity contribution in [3.8, 4) is 0 Å². The quantitative estimate of drug-likeness (QED) is 0.310. The first-order valence-electron chi connectivity index (χ1n) is 4.36. The van der Waals surface area contributed by atoms with Crippen LogP contribution in [0.1, 0.15) is 11.4 Å². The van der Waals surface area contributed by atoms with Gasteiger partial charge in [0.1, 0.15) is 5.01 Å². The van der Waals surface area contributed by atoms with Gasteiger partial charge >= 0.3 is 71.1 Å². The van der Waals surface area contributed by atoms with Crippen molar-refractivity contribution in [2.75, 3.05) is 5.75 Å². The van der Waals surface area contributed by atoms with Crippen molar-refractivity contribution in [1.29, 1.82) is 0 Å². The van der Waals surface area contributed by atoms with Crippen molar-refractivity contribution >= 4 is 35.0 Å². The van der Waals surface area contributed by atoms with E-state index in [4.69, 9.17) is 10.2 Å². The number of aromatic nitrogens is 2. The van der Waals surface area contributed by atoms with Gasteiger partial charge in [-0.25, -0.2) is 0 Å². The van der Waals surface area contributed by atoms with Gasteiger partial charge in [-0.1, -0.05) is 23.1 Å². The average molecular weight is 323 g/mol. The summed E-state index contributed by atoms with van der Waals surface area (Å²) in [5, 5.41) is 25.7. The number of hydrogen-bond donors (Lipinski definition) is 2. The molecule has 0 aromatic carbocycles. The maximum Gasteiger partial charge on any atom is 1.00 e. The first kappa shape index (κ1) is 24.7. The second-order valence-electron chi connectivity index (χ2n) is 3.03. The van der Waals surface area contributed by atoms with Crippen molar-refractivity contribution in [2.45, 2.75) is 17.7 Å². The molecule has 0 spiro atoms. The molecule has 1 heterocycles. The molecule has 1 aromatic rings. The van der Waals surface area contributed by atoms with Gasteiger partial charge in [-0.15, -0.1) is 10.2 Å². The fourth-order valence-electron chi connectivity index (χ4n) is 0.937. The Kier molecular flexibility index (Phi) is 16.2. The van der Waals surface area contributed by atoms with Crippen molar-refractivity contribution in [3.05, 3.63) is 12.4 Å². The third kappa shape index (κ3) is 10.1. The molecular formula is C9H13N2Na2O4S2+3. The predicted octanol–water partition coefficient (Wildman–Crippen LogP) is -4.43. The first-order valence-corrected chi connectivity index (χ1v) is 6.16. The van der Waals surface area contributed by atoms with Crippen molar-refractivity contribution in [2.24, 2.45) is 5.92 Å². The van der Waals surface area contributed by atoms with E-state index in [1.54, 1.807) is 6.92 Å². The summed E-state index contributed by atoms with van der Waals surface area (Å²) in [4.78, 5) is 21.2.